The molecule has 1 saturated heterocycles. The molecule has 1 heterocycles. The second-order valence-corrected chi connectivity index (χ2v) is 7.93. The number of likely N-dealkylation sites (tertiary alicyclic amines) is 1. The van der Waals surface area contributed by atoms with Gasteiger partial charge in [-0.05, 0) is 43.4 Å². The van der Waals surface area contributed by atoms with Gasteiger partial charge in [0.25, 0.3) is 0 Å². The number of amides is 3. The van der Waals surface area contributed by atoms with Crippen LogP contribution in [0.1, 0.15) is 44.1 Å². The zero-order valence-corrected chi connectivity index (χ0v) is 16.5. The van der Waals surface area contributed by atoms with Gasteiger partial charge in [0.05, 0.1) is 0 Å². The Morgan fingerprint density at radius 3 is 2.61 bits per heavy atom. The molecule has 1 aromatic carbocycles. The van der Waals surface area contributed by atoms with E-state index < -0.39 is 18.5 Å². The number of nitrogens with one attached hydrogen (secondary N) is 2. The van der Waals surface area contributed by atoms with Crippen LogP contribution in [0.5, 0.6) is 0 Å². The molecule has 3 rings (SSSR count). The first-order chi connectivity index (χ1) is 13.4. The molecule has 1 aliphatic carbocycles. The summed E-state index contributed by atoms with van der Waals surface area (Å²) in [6.45, 7) is 0.369. The quantitative estimate of drug-likeness (QED) is 0.673. The van der Waals surface area contributed by atoms with Gasteiger partial charge in [-0.25, -0.2) is 4.79 Å². The Kier molecular flexibility index (Phi) is 6.78. The van der Waals surface area contributed by atoms with Crippen molar-refractivity contribution in [1.82, 2.24) is 10.2 Å². The highest BCUT2D eigenvalue weighted by Gasteiger charge is 2.36. The number of hydrogen-bond donors (Lipinski definition) is 3. The van der Waals surface area contributed by atoms with Crippen LogP contribution in [0.4, 0.5) is 10.5 Å². The number of urea groups is 1. The van der Waals surface area contributed by atoms with Gasteiger partial charge in [-0.15, -0.1) is 0 Å². The van der Waals surface area contributed by atoms with Crippen molar-refractivity contribution in [1.29, 1.82) is 0 Å². The number of hydrogen-bond acceptors (Lipinski definition) is 3. The SMILES string of the molecule is O=C(O)CNC(=O)Nc1ccc(CC2CCN(C3CCCCC3)C2=O)c(Cl)c1. The molecule has 1 aromatic rings. The molecule has 1 saturated carbocycles. The van der Waals surface area contributed by atoms with Crippen LogP contribution in [0, 0.1) is 5.92 Å². The summed E-state index contributed by atoms with van der Waals surface area (Å²) < 4.78 is 0. The van der Waals surface area contributed by atoms with Crippen molar-refractivity contribution >= 4 is 35.2 Å². The van der Waals surface area contributed by atoms with Gasteiger partial charge >= 0.3 is 12.0 Å². The van der Waals surface area contributed by atoms with Crippen molar-refractivity contribution in [3.8, 4) is 0 Å². The zero-order chi connectivity index (χ0) is 20.1. The first kappa shape index (κ1) is 20.5. The number of carboxylic acids is 1. The number of carbonyl (C=O) groups excluding carboxylic acids is 2. The summed E-state index contributed by atoms with van der Waals surface area (Å²) >= 11 is 6.36. The van der Waals surface area contributed by atoms with Gasteiger partial charge in [-0.3, -0.25) is 9.59 Å². The predicted molar refractivity (Wildman–Crippen MR) is 107 cm³/mol. The number of carbonyl (C=O) groups is 3. The lowest BCUT2D eigenvalue weighted by atomic mass is 9.94. The minimum absolute atomic E-state index is 0.0444. The summed E-state index contributed by atoms with van der Waals surface area (Å²) in [5.74, 6) is -0.928. The molecule has 1 atom stereocenters. The van der Waals surface area contributed by atoms with E-state index in [9.17, 15) is 14.4 Å². The third-order valence-corrected chi connectivity index (χ3v) is 5.90. The number of anilines is 1. The van der Waals surface area contributed by atoms with Gasteiger partial charge in [0, 0.05) is 29.2 Å². The minimum atomic E-state index is -1.12. The van der Waals surface area contributed by atoms with Crippen LogP contribution in [0.25, 0.3) is 0 Å². The molecule has 0 bridgehead atoms. The standard InChI is InChI=1S/C20H26ClN3O4/c21-17-11-15(23-20(28)22-12-18(25)26)7-6-13(17)10-14-8-9-24(19(14)27)16-4-2-1-3-5-16/h6-7,11,14,16H,1-5,8-10,12H2,(H,25,26)(H2,22,23,28). The molecule has 2 fully saturated rings. The number of carboxylic acid groups (broad SMARTS) is 1. The molecule has 0 aromatic heterocycles. The van der Waals surface area contributed by atoms with Crippen molar-refractivity contribution in [3.05, 3.63) is 28.8 Å². The molecule has 0 radical (unpaired) electrons. The Labute approximate surface area is 169 Å². The van der Waals surface area contributed by atoms with Crippen LogP contribution in [-0.2, 0) is 16.0 Å². The average Bonchev–Trinajstić information content (AvgIpc) is 3.03. The minimum Gasteiger partial charge on any atom is -0.480 e. The normalized spacial score (nSPS) is 20.2. The fraction of sp³-hybridized carbons (Fsp3) is 0.550. The van der Waals surface area contributed by atoms with Crippen LogP contribution in [-0.4, -0.2) is 47.0 Å². The number of aliphatic carboxylic acids is 1. The maximum atomic E-state index is 12.8. The molecule has 152 valence electrons. The van der Waals surface area contributed by atoms with E-state index in [1.165, 1.54) is 19.3 Å². The van der Waals surface area contributed by atoms with E-state index in [-0.39, 0.29) is 11.8 Å². The highest BCUT2D eigenvalue weighted by Crippen LogP contribution is 2.32. The lowest BCUT2D eigenvalue weighted by Gasteiger charge is -2.31. The largest absolute Gasteiger partial charge is 0.480 e. The molecule has 0 spiro atoms. The summed E-state index contributed by atoms with van der Waals surface area (Å²) in [7, 11) is 0. The maximum Gasteiger partial charge on any atom is 0.323 e. The van der Waals surface area contributed by atoms with Crippen molar-refractivity contribution < 1.29 is 19.5 Å². The monoisotopic (exact) mass is 407 g/mol. The molecule has 1 aliphatic heterocycles. The fourth-order valence-electron chi connectivity index (χ4n) is 4.09. The van der Waals surface area contributed by atoms with Crippen molar-refractivity contribution in [3.63, 3.8) is 0 Å². The highest BCUT2D eigenvalue weighted by molar-refractivity contribution is 6.31. The van der Waals surface area contributed by atoms with E-state index in [0.717, 1.165) is 31.4 Å². The Hall–Kier alpha value is -2.28. The Balaban J connectivity index is 1.56. The molecular formula is C20H26ClN3O4. The molecule has 3 N–H and O–H groups in total. The summed E-state index contributed by atoms with van der Waals surface area (Å²) in [4.78, 5) is 37.0. The number of nitrogens with zero attached hydrogens (tertiary/aromatic N) is 1. The Morgan fingerprint density at radius 1 is 1.18 bits per heavy atom. The highest BCUT2D eigenvalue weighted by atomic mass is 35.5. The Morgan fingerprint density at radius 2 is 1.93 bits per heavy atom. The molecule has 3 amide bonds. The third kappa shape index (κ3) is 5.16. The zero-order valence-electron chi connectivity index (χ0n) is 15.7. The van der Waals surface area contributed by atoms with Crippen molar-refractivity contribution in [2.75, 3.05) is 18.4 Å². The first-order valence-corrected chi connectivity index (χ1v) is 10.2. The second kappa shape index (κ2) is 9.28. The number of benzene rings is 1. The van der Waals surface area contributed by atoms with Crippen LogP contribution in [0.15, 0.2) is 18.2 Å². The van der Waals surface area contributed by atoms with Gasteiger partial charge < -0.3 is 20.6 Å². The number of rotatable bonds is 6. The number of halogens is 1. The average molecular weight is 408 g/mol. The van der Waals surface area contributed by atoms with E-state index in [0.29, 0.717) is 23.2 Å². The third-order valence-electron chi connectivity index (χ3n) is 5.54. The topological polar surface area (TPSA) is 98.7 Å². The molecular weight excluding hydrogens is 382 g/mol. The smallest absolute Gasteiger partial charge is 0.323 e. The second-order valence-electron chi connectivity index (χ2n) is 7.52. The maximum absolute atomic E-state index is 12.8. The van der Waals surface area contributed by atoms with E-state index >= 15 is 0 Å². The summed E-state index contributed by atoms with van der Waals surface area (Å²) in [5.41, 5.74) is 1.35. The predicted octanol–water partition coefficient (Wildman–Crippen LogP) is 3.27. The lowest BCUT2D eigenvalue weighted by molar-refractivity contribution is -0.136. The first-order valence-electron chi connectivity index (χ1n) is 9.79. The van der Waals surface area contributed by atoms with Gasteiger partial charge in [-0.2, -0.15) is 0 Å². The van der Waals surface area contributed by atoms with Crippen LogP contribution >= 0.6 is 11.6 Å². The van der Waals surface area contributed by atoms with Crippen LogP contribution < -0.4 is 10.6 Å². The van der Waals surface area contributed by atoms with E-state index in [1.807, 2.05) is 6.07 Å². The molecule has 8 heteroatoms. The van der Waals surface area contributed by atoms with Gasteiger partial charge in [0.1, 0.15) is 6.54 Å². The summed E-state index contributed by atoms with van der Waals surface area (Å²) in [6, 6.07) is 4.93. The van der Waals surface area contributed by atoms with Crippen LogP contribution in [0.2, 0.25) is 5.02 Å². The van der Waals surface area contributed by atoms with Crippen LogP contribution in [0.3, 0.4) is 0 Å². The van der Waals surface area contributed by atoms with Crippen molar-refractivity contribution in [2.24, 2.45) is 5.92 Å². The van der Waals surface area contributed by atoms with Gasteiger partial charge in [0.15, 0.2) is 0 Å². The van der Waals surface area contributed by atoms with E-state index in [1.54, 1.807) is 12.1 Å². The van der Waals surface area contributed by atoms with E-state index in [4.69, 9.17) is 16.7 Å². The van der Waals surface area contributed by atoms with E-state index in [2.05, 4.69) is 15.5 Å². The molecule has 28 heavy (non-hydrogen) atoms. The summed E-state index contributed by atoms with van der Waals surface area (Å²) in [5, 5.41) is 13.8. The summed E-state index contributed by atoms with van der Waals surface area (Å²) in [6.07, 6.45) is 7.36. The van der Waals surface area contributed by atoms with Gasteiger partial charge in [0.2, 0.25) is 5.91 Å². The molecule has 7 nitrogen and oxygen atoms in total. The van der Waals surface area contributed by atoms with Gasteiger partial charge in [-0.1, -0.05) is 36.9 Å². The lowest BCUT2D eigenvalue weighted by Crippen LogP contribution is -2.39. The molecule has 2 aliphatic rings. The molecule has 1 unspecified atom stereocenters. The Bertz CT molecular complexity index is 749. The van der Waals surface area contributed by atoms with Crippen molar-refractivity contribution in [2.45, 2.75) is 51.0 Å². The fourth-order valence-corrected chi connectivity index (χ4v) is 4.35.